The third-order valence-corrected chi connectivity index (χ3v) is 2.38. The zero-order chi connectivity index (χ0) is 10.1. The lowest BCUT2D eigenvalue weighted by Gasteiger charge is -1.95. The monoisotopic (exact) mass is 184 g/mol. The Kier molecular flexibility index (Phi) is 1.83. The second-order valence-electron chi connectivity index (χ2n) is 3.07. The molecule has 0 radical (unpaired) electrons. The zero-order valence-electron chi connectivity index (χ0n) is 7.69. The van der Waals surface area contributed by atoms with E-state index in [9.17, 15) is 4.79 Å². The van der Waals surface area contributed by atoms with Gasteiger partial charge in [-0.1, -0.05) is 18.2 Å². The van der Waals surface area contributed by atoms with Gasteiger partial charge >= 0.3 is 0 Å². The minimum atomic E-state index is 0.439. The lowest BCUT2D eigenvalue weighted by atomic mass is 10.1. The predicted molar refractivity (Wildman–Crippen MR) is 53.0 cm³/mol. The van der Waals surface area contributed by atoms with Crippen molar-refractivity contribution >= 4 is 17.2 Å². The van der Waals surface area contributed by atoms with Crippen LogP contribution in [0.3, 0.4) is 0 Å². The Balaban J connectivity index is 3.00. The maximum atomic E-state index is 10.8. The molecule has 3 nitrogen and oxygen atoms in total. The van der Waals surface area contributed by atoms with Crippen LogP contribution in [-0.2, 0) is 7.05 Å². The summed E-state index contributed by atoms with van der Waals surface area (Å²) >= 11 is 0. The summed E-state index contributed by atoms with van der Waals surface area (Å²) in [5, 5.41) is 9.77. The van der Waals surface area contributed by atoms with Gasteiger partial charge in [-0.25, -0.2) is 0 Å². The van der Waals surface area contributed by atoms with E-state index in [0.717, 1.165) is 17.2 Å². The molecule has 1 aromatic heterocycles. The molecule has 2 rings (SSSR count). The predicted octanol–water partition coefficient (Wildman–Crippen LogP) is 1.86. The maximum absolute atomic E-state index is 10.8. The molecule has 0 fully saturated rings. The van der Waals surface area contributed by atoms with Crippen LogP contribution in [0.2, 0.25) is 0 Å². The molecule has 0 aliphatic heterocycles. The molecule has 2 aromatic rings. The van der Waals surface area contributed by atoms with Crippen molar-refractivity contribution in [1.29, 1.82) is 5.26 Å². The number of aldehydes is 1. The van der Waals surface area contributed by atoms with Gasteiger partial charge in [-0.05, 0) is 6.07 Å². The number of carbonyl (C=O) groups excluding carboxylic acids is 1. The quantitative estimate of drug-likeness (QED) is 0.635. The van der Waals surface area contributed by atoms with Gasteiger partial charge in [-0.15, -0.1) is 0 Å². The fourth-order valence-corrected chi connectivity index (χ4v) is 1.67. The highest BCUT2D eigenvalue weighted by atomic mass is 16.1. The maximum Gasteiger partial charge on any atom is 0.167 e. The van der Waals surface area contributed by atoms with E-state index >= 15 is 0 Å². The van der Waals surface area contributed by atoms with Gasteiger partial charge in [-0.3, -0.25) is 4.79 Å². The summed E-state index contributed by atoms with van der Waals surface area (Å²) < 4.78 is 1.74. The SMILES string of the molecule is Cn1c(C=O)c(C#N)c2ccccc21. The molecule has 1 heterocycles. The summed E-state index contributed by atoms with van der Waals surface area (Å²) in [6.07, 6.45) is 0.721. The fraction of sp³-hybridized carbons (Fsp3) is 0.0909. The molecular formula is C11H8N2O. The first-order chi connectivity index (χ1) is 6.79. The first kappa shape index (κ1) is 8.52. The highest BCUT2D eigenvalue weighted by Gasteiger charge is 2.12. The molecule has 0 unspecified atom stereocenters. The molecule has 0 saturated carbocycles. The molecule has 14 heavy (non-hydrogen) atoms. The van der Waals surface area contributed by atoms with Gasteiger partial charge in [-0.2, -0.15) is 5.26 Å². The minimum Gasteiger partial charge on any atom is -0.340 e. The van der Waals surface area contributed by atoms with E-state index in [4.69, 9.17) is 5.26 Å². The summed E-state index contributed by atoms with van der Waals surface area (Å²) in [5.41, 5.74) is 1.80. The number of carbonyl (C=O) groups is 1. The van der Waals surface area contributed by atoms with E-state index in [1.54, 1.807) is 11.6 Å². The van der Waals surface area contributed by atoms with Crippen molar-refractivity contribution < 1.29 is 4.79 Å². The number of fused-ring (bicyclic) bond motifs is 1. The Morgan fingerprint density at radius 2 is 2.14 bits per heavy atom. The van der Waals surface area contributed by atoms with Crippen molar-refractivity contribution in [2.75, 3.05) is 0 Å². The molecule has 0 atom stereocenters. The molecule has 0 N–H and O–H groups in total. The largest absolute Gasteiger partial charge is 0.340 e. The topological polar surface area (TPSA) is 45.8 Å². The number of nitrogens with zero attached hydrogens (tertiary/aromatic N) is 2. The lowest BCUT2D eigenvalue weighted by Crippen LogP contribution is -1.95. The van der Waals surface area contributed by atoms with Gasteiger partial charge in [0.05, 0.1) is 11.3 Å². The number of rotatable bonds is 1. The van der Waals surface area contributed by atoms with Crippen molar-refractivity contribution in [3.05, 3.63) is 35.5 Å². The van der Waals surface area contributed by atoms with Crippen LogP contribution in [-0.4, -0.2) is 10.9 Å². The molecule has 0 aliphatic rings. The van der Waals surface area contributed by atoms with Crippen molar-refractivity contribution in [3.8, 4) is 6.07 Å². The number of hydrogen-bond donors (Lipinski definition) is 0. The van der Waals surface area contributed by atoms with Gasteiger partial charge < -0.3 is 4.57 Å². The third kappa shape index (κ3) is 0.944. The average molecular weight is 184 g/mol. The first-order valence-corrected chi connectivity index (χ1v) is 4.22. The summed E-state index contributed by atoms with van der Waals surface area (Å²) in [4.78, 5) is 10.8. The van der Waals surface area contributed by atoms with Crippen LogP contribution in [0, 0.1) is 11.3 Å². The van der Waals surface area contributed by atoms with E-state index in [2.05, 4.69) is 6.07 Å². The Labute approximate surface area is 81.2 Å². The van der Waals surface area contributed by atoms with Crippen LogP contribution in [0.5, 0.6) is 0 Å². The number of aromatic nitrogens is 1. The number of benzene rings is 1. The van der Waals surface area contributed by atoms with Crippen LogP contribution in [0.15, 0.2) is 24.3 Å². The first-order valence-electron chi connectivity index (χ1n) is 4.22. The molecule has 0 amide bonds. The van der Waals surface area contributed by atoms with Crippen LogP contribution in [0.1, 0.15) is 16.1 Å². The average Bonchev–Trinajstić information content (AvgIpc) is 2.51. The molecule has 0 saturated heterocycles. The molecule has 0 bridgehead atoms. The Bertz CT molecular complexity index is 546. The molecular weight excluding hydrogens is 176 g/mol. The van der Waals surface area contributed by atoms with Gasteiger partial charge in [0, 0.05) is 18.0 Å². The normalized spacial score (nSPS) is 10.0. The van der Waals surface area contributed by atoms with Crippen LogP contribution in [0.4, 0.5) is 0 Å². The summed E-state index contributed by atoms with van der Waals surface area (Å²) in [7, 11) is 1.78. The molecule has 1 aromatic carbocycles. The Hall–Kier alpha value is -2.08. The summed E-state index contributed by atoms with van der Waals surface area (Å²) in [5.74, 6) is 0. The molecule has 0 aliphatic carbocycles. The molecule has 0 spiro atoms. The van der Waals surface area contributed by atoms with Crippen molar-refractivity contribution in [3.63, 3.8) is 0 Å². The molecule has 68 valence electrons. The van der Waals surface area contributed by atoms with Gasteiger partial charge in [0.15, 0.2) is 6.29 Å². The van der Waals surface area contributed by atoms with E-state index < -0.39 is 0 Å². The lowest BCUT2D eigenvalue weighted by molar-refractivity contribution is 0.111. The number of hydrogen-bond acceptors (Lipinski definition) is 2. The smallest absolute Gasteiger partial charge is 0.167 e. The standard InChI is InChI=1S/C11H8N2O/c1-13-10-5-3-2-4-8(10)9(6-12)11(13)7-14/h2-5,7H,1H3. The van der Waals surface area contributed by atoms with E-state index in [1.807, 2.05) is 24.3 Å². The highest BCUT2D eigenvalue weighted by molar-refractivity contribution is 5.95. The van der Waals surface area contributed by atoms with Crippen molar-refractivity contribution in [2.24, 2.45) is 7.05 Å². The van der Waals surface area contributed by atoms with Crippen molar-refractivity contribution in [1.82, 2.24) is 4.57 Å². The third-order valence-electron chi connectivity index (χ3n) is 2.38. The highest BCUT2D eigenvalue weighted by Crippen LogP contribution is 2.22. The van der Waals surface area contributed by atoms with Crippen LogP contribution in [0.25, 0.3) is 10.9 Å². The summed E-state index contributed by atoms with van der Waals surface area (Å²) in [6.45, 7) is 0. The van der Waals surface area contributed by atoms with Crippen LogP contribution >= 0.6 is 0 Å². The Morgan fingerprint density at radius 1 is 1.43 bits per heavy atom. The fourth-order valence-electron chi connectivity index (χ4n) is 1.67. The van der Waals surface area contributed by atoms with E-state index in [1.165, 1.54) is 0 Å². The minimum absolute atomic E-state index is 0.439. The molecule has 3 heteroatoms. The second-order valence-corrected chi connectivity index (χ2v) is 3.07. The summed E-state index contributed by atoms with van der Waals surface area (Å²) in [6, 6.07) is 9.54. The van der Waals surface area contributed by atoms with Gasteiger partial charge in [0.2, 0.25) is 0 Å². The zero-order valence-corrected chi connectivity index (χ0v) is 7.69. The van der Waals surface area contributed by atoms with E-state index in [-0.39, 0.29) is 0 Å². The van der Waals surface area contributed by atoms with E-state index in [0.29, 0.717) is 11.3 Å². The number of para-hydroxylation sites is 1. The van der Waals surface area contributed by atoms with Gasteiger partial charge in [0.25, 0.3) is 0 Å². The second kappa shape index (κ2) is 3.00. The van der Waals surface area contributed by atoms with Crippen molar-refractivity contribution in [2.45, 2.75) is 0 Å². The number of nitriles is 1. The number of aryl methyl sites for hydroxylation is 1. The van der Waals surface area contributed by atoms with Gasteiger partial charge in [0.1, 0.15) is 6.07 Å². The Morgan fingerprint density at radius 3 is 2.79 bits per heavy atom. The van der Waals surface area contributed by atoms with Crippen LogP contribution < -0.4 is 0 Å².